The number of rotatable bonds is 3. The lowest BCUT2D eigenvalue weighted by molar-refractivity contribution is -0.143. The Bertz CT molecular complexity index is 764. The van der Waals surface area contributed by atoms with Crippen LogP contribution in [0.5, 0.6) is 0 Å². The summed E-state index contributed by atoms with van der Waals surface area (Å²) >= 11 is 0. The van der Waals surface area contributed by atoms with Gasteiger partial charge in [0.2, 0.25) is 5.91 Å². The lowest BCUT2D eigenvalue weighted by atomic mass is 9.90. The molecular weight excluding hydrogens is 302 g/mol. The van der Waals surface area contributed by atoms with Gasteiger partial charge < -0.3 is 9.80 Å². The van der Waals surface area contributed by atoms with E-state index in [4.69, 9.17) is 0 Å². The zero-order valence-electron chi connectivity index (χ0n) is 14.2. The number of benzene rings is 1. The van der Waals surface area contributed by atoms with Crippen LogP contribution in [-0.2, 0) is 16.1 Å². The van der Waals surface area contributed by atoms with Crippen molar-refractivity contribution in [1.82, 2.24) is 9.80 Å². The molecule has 0 radical (unpaired) electrons. The SMILES string of the molecule is CC1=CN2C(=NC(=O)CC2(C)C(=O)N(C)Cc2ccccc2)C=C1. The van der Waals surface area contributed by atoms with E-state index in [-0.39, 0.29) is 18.2 Å². The van der Waals surface area contributed by atoms with E-state index in [9.17, 15) is 9.59 Å². The lowest BCUT2D eigenvalue weighted by Crippen LogP contribution is -2.60. The van der Waals surface area contributed by atoms with E-state index >= 15 is 0 Å². The highest BCUT2D eigenvalue weighted by atomic mass is 16.2. The molecule has 0 N–H and O–H groups in total. The van der Waals surface area contributed by atoms with Crippen LogP contribution in [0.15, 0.2) is 59.2 Å². The maximum atomic E-state index is 13.2. The molecule has 0 spiro atoms. The van der Waals surface area contributed by atoms with Crippen molar-refractivity contribution in [2.45, 2.75) is 32.4 Å². The third kappa shape index (κ3) is 2.89. The Labute approximate surface area is 142 Å². The lowest BCUT2D eigenvalue weighted by Gasteiger charge is -2.44. The maximum Gasteiger partial charge on any atom is 0.250 e. The molecule has 5 nitrogen and oxygen atoms in total. The molecule has 0 saturated heterocycles. The van der Waals surface area contributed by atoms with E-state index < -0.39 is 5.54 Å². The molecule has 1 unspecified atom stereocenters. The van der Waals surface area contributed by atoms with E-state index in [1.165, 1.54) is 0 Å². The van der Waals surface area contributed by atoms with E-state index in [1.807, 2.05) is 61.4 Å². The molecule has 24 heavy (non-hydrogen) atoms. The molecule has 2 heterocycles. The fourth-order valence-electron chi connectivity index (χ4n) is 3.15. The van der Waals surface area contributed by atoms with Gasteiger partial charge in [0.1, 0.15) is 11.4 Å². The van der Waals surface area contributed by atoms with Gasteiger partial charge in [-0.2, -0.15) is 4.99 Å². The third-order valence-corrected chi connectivity index (χ3v) is 4.41. The Kier molecular flexibility index (Phi) is 4.09. The largest absolute Gasteiger partial charge is 0.339 e. The number of carbonyl (C=O) groups is 2. The molecule has 124 valence electrons. The van der Waals surface area contributed by atoms with Crippen molar-refractivity contribution in [2.75, 3.05) is 7.05 Å². The van der Waals surface area contributed by atoms with Crippen molar-refractivity contribution in [3.63, 3.8) is 0 Å². The van der Waals surface area contributed by atoms with E-state index in [1.54, 1.807) is 18.0 Å². The Morgan fingerprint density at radius 3 is 2.71 bits per heavy atom. The van der Waals surface area contributed by atoms with Gasteiger partial charge in [0.15, 0.2) is 0 Å². The summed E-state index contributed by atoms with van der Waals surface area (Å²) in [6, 6.07) is 9.82. The molecule has 2 aliphatic heterocycles. The first-order chi connectivity index (χ1) is 11.4. The second-order valence-electron chi connectivity index (χ2n) is 6.54. The van der Waals surface area contributed by atoms with Crippen LogP contribution in [0.2, 0.25) is 0 Å². The number of hydrogen-bond acceptors (Lipinski definition) is 3. The van der Waals surface area contributed by atoms with Gasteiger partial charge in [-0.15, -0.1) is 0 Å². The van der Waals surface area contributed by atoms with Crippen molar-refractivity contribution < 1.29 is 9.59 Å². The Hall–Kier alpha value is -2.69. The summed E-state index contributed by atoms with van der Waals surface area (Å²) in [5, 5.41) is 0. The van der Waals surface area contributed by atoms with Crippen molar-refractivity contribution in [3.05, 3.63) is 59.8 Å². The van der Waals surface area contributed by atoms with Crippen LogP contribution in [-0.4, -0.2) is 40.0 Å². The van der Waals surface area contributed by atoms with E-state index in [2.05, 4.69) is 4.99 Å². The van der Waals surface area contributed by atoms with Gasteiger partial charge in [-0.3, -0.25) is 9.59 Å². The van der Waals surface area contributed by atoms with Crippen molar-refractivity contribution in [3.8, 4) is 0 Å². The topological polar surface area (TPSA) is 53.0 Å². The van der Waals surface area contributed by atoms with Gasteiger partial charge in [-0.25, -0.2) is 0 Å². The number of aliphatic imine (C=N–C) groups is 1. The molecule has 0 bridgehead atoms. The maximum absolute atomic E-state index is 13.2. The van der Waals surface area contributed by atoms with Crippen LogP contribution in [0.25, 0.3) is 0 Å². The van der Waals surface area contributed by atoms with Crippen LogP contribution in [0.1, 0.15) is 25.8 Å². The summed E-state index contributed by atoms with van der Waals surface area (Å²) in [6.45, 7) is 4.27. The van der Waals surface area contributed by atoms with Crippen LogP contribution >= 0.6 is 0 Å². The second-order valence-corrected chi connectivity index (χ2v) is 6.54. The van der Waals surface area contributed by atoms with Gasteiger partial charge in [-0.05, 0) is 31.1 Å². The minimum Gasteiger partial charge on any atom is -0.339 e. The second kappa shape index (κ2) is 6.07. The number of amides is 2. The molecule has 0 aromatic heterocycles. The van der Waals surface area contributed by atoms with E-state index in [0.717, 1.165) is 11.1 Å². The first kappa shape index (κ1) is 16.2. The molecule has 2 aliphatic rings. The molecular formula is C19H21N3O2. The number of likely N-dealkylation sites (N-methyl/N-ethyl adjacent to an activating group) is 1. The van der Waals surface area contributed by atoms with Crippen molar-refractivity contribution >= 4 is 17.6 Å². The monoisotopic (exact) mass is 323 g/mol. The minimum absolute atomic E-state index is 0.0755. The Morgan fingerprint density at radius 2 is 2.00 bits per heavy atom. The summed E-state index contributed by atoms with van der Waals surface area (Å²) in [7, 11) is 1.77. The molecule has 1 aromatic carbocycles. The predicted octanol–water partition coefficient (Wildman–Crippen LogP) is 2.51. The molecule has 2 amide bonds. The summed E-state index contributed by atoms with van der Waals surface area (Å²) < 4.78 is 0. The first-order valence-electron chi connectivity index (χ1n) is 7.97. The zero-order chi connectivity index (χ0) is 17.3. The highest BCUT2D eigenvalue weighted by Crippen LogP contribution is 2.31. The van der Waals surface area contributed by atoms with Gasteiger partial charge in [0.05, 0.1) is 6.42 Å². The number of amidine groups is 1. The van der Waals surface area contributed by atoms with Gasteiger partial charge in [0, 0.05) is 19.8 Å². The third-order valence-electron chi connectivity index (χ3n) is 4.41. The van der Waals surface area contributed by atoms with Crippen LogP contribution in [0, 0.1) is 0 Å². The molecule has 1 aromatic rings. The van der Waals surface area contributed by atoms with Crippen LogP contribution in [0.3, 0.4) is 0 Å². The average molecular weight is 323 g/mol. The number of fused-ring (bicyclic) bond motifs is 1. The fourth-order valence-corrected chi connectivity index (χ4v) is 3.15. The number of nitrogens with zero attached hydrogens (tertiary/aromatic N) is 3. The Balaban J connectivity index is 1.88. The van der Waals surface area contributed by atoms with Crippen LogP contribution < -0.4 is 0 Å². The van der Waals surface area contributed by atoms with Gasteiger partial charge in [0.25, 0.3) is 5.91 Å². The van der Waals surface area contributed by atoms with Crippen LogP contribution in [0.4, 0.5) is 0 Å². The smallest absolute Gasteiger partial charge is 0.250 e. The van der Waals surface area contributed by atoms with Gasteiger partial charge in [-0.1, -0.05) is 36.4 Å². The normalized spacial score (nSPS) is 22.6. The Morgan fingerprint density at radius 1 is 1.29 bits per heavy atom. The van der Waals surface area contributed by atoms with Gasteiger partial charge >= 0.3 is 0 Å². The highest BCUT2D eigenvalue weighted by molar-refractivity contribution is 6.09. The van der Waals surface area contributed by atoms with E-state index in [0.29, 0.717) is 12.4 Å². The molecule has 5 heteroatoms. The fraction of sp³-hybridized carbons (Fsp3) is 0.316. The highest BCUT2D eigenvalue weighted by Gasteiger charge is 2.46. The quantitative estimate of drug-likeness (QED) is 0.859. The molecule has 1 atom stereocenters. The molecule has 0 saturated carbocycles. The summed E-state index contributed by atoms with van der Waals surface area (Å²) in [6.07, 6.45) is 5.65. The summed E-state index contributed by atoms with van der Waals surface area (Å²) in [5.74, 6) is 0.176. The van der Waals surface area contributed by atoms with Crippen molar-refractivity contribution in [2.24, 2.45) is 4.99 Å². The minimum atomic E-state index is -0.955. The number of hydrogen-bond donors (Lipinski definition) is 0. The van der Waals surface area contributed by atoms with Crippen molar-refractivity contribution in [1.29, 1.82) is 0 Å². The zero-order valence-corrected chi connectivity index (χ0v) is 14.2. The first-order valence-corrected chi connectivity index (χ1v) is 7.97. The number of carbonyl (C=O) groups excluding carboxylic acids is 2. The standard InChI is InChI=1S/C19H21N3O2/c1-14-9-10-16-20-17(23)11-19(2,22(16)12-14)18(24)21(3)13-15-7-5-4-6-8-15/h4-10,12H,11,13H2,1-3H3. The molecule has 0 aliphatic carbocycles. The number of allylic oxidation sites excluding steroid dienone is 2. The summed E-state index contributed by atoms with van der Waals surface area (Å²) in [5.41, 5.74) is 1.12. The summed E-state index contributed by atoms with van der Waals surface area (Å²) in [4.78, 5) is 32.8. The average Bonchev–Trinajstić information content (AvgIpc) is 2.55. The molecule has 0 fully saturated rings. The predicted molar refractivity (Wildman–Crippen MR) is 93.1 cm³/mol. The molecule has 3 rings (SSSR count).